The molecule has 1 saturated heterocycles. The molecule has 18 heteroatoms. The molecule has 0 radical (unpaired) electrons. The first-order valence-electron chi connectivity index (χ1n) is 11.1. The van der Waals surface area contributed by atoms with Crippen LogP contribution in [0.25, 0.3) is 10.1 Å². The minimum atomic E-state index is -1.30. The van der Waals surface area contributed by atoms with E-state index in [1.807, 2.05) is 0 Å². The summed E-state index contributed by atoms with van der Waals surface area (Å²) in [6.07, 6.45) is 0. The van der Waals surface area contributed by atoms with Crippen LogP contribution in [0.4, 0.5) is 5.13 Å². The third-order valence-corrected chi connectivity index (χ3v) is 10.0. The maximum absolute atomic E-state index is 13.0. The zero-order valence-electron chi connectivity index (χ0n) is 20.2. The molecule has 0 bridgehead atoms. The zero-order chi connectivity index (χ0) is 28.7. The van der Waals surface area contributed by atoms with Gasteiger partial charge in [-0.3, -0.25) is 19.3 Å². The Balaban J connectivity index is 1.33. The van der Waals surface area contributed by atoms with Crippen LogP contribution >= 0.6 is 46.4 Å². The molecule has 40 heavy (non-hydrogen) atoms. The molecule has 2 amide bonds. The normalized spacial score (nSPS) is 18.9. The van der Waals surface area contributed by atoms with Crippen LogP contribution in [0.15, 0.2) is 43.6 Å². The predicted molar refractivity (Wildman–Crippen MR) is 150 cm³/mol. The first-order chi connectivity index (χ1) is 19.1. The average Bonchev–Trinajstić information content (AvgIpc) is 3.35. The van der Waals surface area contributed by atoms with Gasteiger partial charge in [0.05, 0.1) is 4.21 Å². The molecule has 0 saturated carbocycles. The number of phenols is 2. The highest BCUT2D eigenvalue weighted by Gasteiger charge is 2.54. The number of thioether (sulfide) groups is 2. The van der Waals surface area contributed by atoms with Crippen LogP contribution in [0.5, 0.6) is 11.5 Å². The molecular formula is C22H18N6O8S4. The highest BCUT2D eigenvalue weighted by Crippen LogP contribution is 2.42. The molecule has 14 nitrogen and oxygen atoms in total. The van der Waals surface area contributed by atoms with Gasteiger partial charge in [0.15, 0.2) is 22.1 Å². The Morgan fingerprint density at radius 3 is 2.70 bits per heavy atom. The molecule has 2 aromatic heterocycles. The number of hydrogen-bond acceptors (Lipinski definition) is 15. The number of phenolic OH excluding ortho intramolecular Hbond substituents is 2. The number of carbonyl (C=O) groups is 3. The quantitative estimate of drug-likeness (QED) is 0.0779. The summed E-state index contributed by atoms with van der Waals surface area (Å²) < 4.78 is 4.95. The number of hydrogen-bond donors (Lipinski definition) is 5. The molecule has 6 N–H and O–H groups in total. The van der Waals surface area contributed by atoms with E-state index in [4.69, 9.17) is 10.6 Å². The van der Waals surface area contributed by atoms with Gasteiger partial charge in [-0.1, -0.05) is 5.16 Å². The van der Waals surface area contributed by atoms with Gasteiger partial charge in [0.2, 0.25) is 11.5 Å². The fraction of sp³-hybridized carbons (Fsp3) is 0.227. The molecule has 0 spiro atoms. The molecule has 1 fully saturated rings. The molecular weight excluding hydrogens is 605 g/mol. The van der Waals surface area contributed by atoms with Crippen LogP contribution in [0, 0.1) is 0 Å². The van der Waals surface area contributed by atoms with E-state index in [0.29, 0.717) is 14.5 Å². The van der Waals surface area contributed by atoms with E-state index in [9.17, 15) is 34.5 Å². The number of β-lactam (4-membered cyclic amide) rings is 1. The summed E-state index contributed by atoms with van der Waals surface area (Å²) >= 11 is 4.55. The Morgan fingerprint density at radius 1 is 1.27 bits per heavy atom. The number of anilines is 1. The van der Waals surface area contributed by atoms with Gasteiger partial charge in [-0.25, -0.2) is 4.79 Å². The molecule has 5 rings (SSSR count). The van der Waals surface area contributed by atoms with Crippen molar-refractivity contribution in [3.05, 3.63) is 45.5 Å². The summed E-state index contributed by atoms with van der Waals surface area (Å²) in [6.45, 7) is 0. The molecule has 1 aromatic carbocycles. The van der Waals surface area contributed by atoms with Crippen LogP contribution in [0.2, 0.25) is 0 Å². The summed E-state index contributed by atoms with van der Waals surface area (Å²) in [6, 6.07) is 2.84. The predicted octanol–water partition coefficient (Wildman–Crippen LogP) is 0.988. The maximum atomic E-state index is 13.0. The minimum absolute atomic E-state index is 0.0739. The number of rotatable bonds is 8. The highest BCUT2D eigenvalue weighted by atomic mass is 32.2. The number of fused-ring (bicyclic) bond motifs is 2. The van der Waals surface area contributed by atoms with E-state index < -0.39 is 34.9 Å². The minimum Gasteiger partial charge on any atom is -0.504 e. The number of carboxylic acid groups (broad SMARTS) is 1. The number of carbonyl (C=O) groups excluding carboxylic acids is 2. The fourth-order valence-electron chi connectivity index (χ4n) is 4.00. The SMILES string of the molecule is CO/N=C(/C(=O)N[C@@H]1C(=O)N2C(C(=O)O)=C(CSc3cc(=O)c4cc(O)c(O)cc4s3)CS[C@H]12)c1nsc(N)n1. The number of nitrogens with two attached hydrogens (primary N) is 1. The standard InChI is InChI=1S/C22H18N6O8S4/c1-36-26-14(17-25-22(23)40-27-17)18(32)24-15-19(33)28-16(21(34)35)7(6-38-20(15)28)5-37-13-4-9(29)8-2-10(30)11(31)3-12(8)39-13/h2-4,15,20,30-31H,5-6H2,1H3,(H,24,32)(H,34,35)(H2,23,25,27)/b26-14+/t15-,20-/m1/s1. The maximum Gasteiger partial charge on any atom is 0.352 e. The molecule has 2 aliphatic rings. The van der Waals surface area contributed by atoms with Crippen molar-refractivity contribution in [3.63, 3.8) is 0 Å². The van der Waals surface area contributed by atoms with E-state index in [0.717, 1.165) is 16.4 Å². The summed E-state index contributed by atoms with van der Waals surface area (Å²) in [5.41, 5.74) is 5.22. The number of aliphatic carboxylic acids is 1. The van der Waals surface area contributed by atoms with Gasteiger partial charge in [-0.05, 0) is 11.6 Å². The van der Waals surface area contributed by atoms with Gasteiger partial charge in [0, 0.05) is 45.3 Å². The Bertz CT molecular complexity index is 1690. The van der Waals surface area contributed by atoms with Gasteiger partial charge in [0.25, 0.3) is 11.8 Å². The Labute approximate surface area is 240 Å². The number of carboxylic acids is 1. The first kappa shape index (κ1) is 27.7. The van der Waals surface area contributed by atoms with E-state index in [-0.39, 0.29) is 50.4 Å². The largest absolute Gasteiger partial charge is 0.504 e. The van der Waals surface area contributed by atoms with Crippen LogP contribution in [-0.4, -0.2) is 83.1 Å². The van der Waals surface area contributed by atoms with Crippen molar-refractivity contribution in [1.82, 2.24) is 19.6 Å². The Morgan fingerprint density at radius 2 is 2.02 bits per heavy atom. The van der Waals surface area contributed by atoms with Crippen molar-refractivity contribution in [1.29, 1.82) is 0 Å². The van der Waals surface area contributed by atoms with Gasteiger partial charge in [0.1, 0.15) is 24.2 Å². The lowest BCUT2D eigenvalue weighted by molar-refractivity contribution is -0.150. The van der Waals surface area contributed by atoms with Crippen molar-refractivity contribution in [2.75, 3.05) is 24.3 Å². The number of nitrogens with one attached hydrogen (secondary N) is 1. The van der Waals surface area contributed by atoms with Gasteiger partial charge in [-0.15, -0.1) is 34.9 Å². The molecule has 208 valence electrons. The lowest BCUT2D eigenvalue weighted by Gasteiger charge is -2.49. The van der Waals surface area contributed by atoms with Crippen molar-refractivity contribution in [3.8, 4) is 11.5 Å². The molecule has 0 unspecified atom stereocenters. The second-order valence-corrected chi connectivity index (χ2v) is 12.5. The molecule has 3 aromatic rings. The lowest BCUT2D eigenvalue weighted by atomic mass is 10.0. The lowest BCUT2D eigenvalue weighted by Crippen LogP contribution is -2.71. The third-order valence-electron chi connectivity index (χ3n) is 5.78. The topological polar surface area (TPSA) is 218 Å². The average molecular weight is 623 g/mol. The van der Waals surface area contributed by atoms with Crippen LogP contribution in [0.3, 0.4) is 0 Å². The number of oxime groups is 1. The number of nitrogen functional groups attached to an aromatic ring is 1. The highest BCUT2D eigenvalue weighted by molar-refractivity contribution is 8.02. The monoisotopic (exact) mass is 622 g/mol. The van der Waals surface area contributed by atoms with E-state index in [2.05, 4.69) is 19.8 Å². The Hall–Kier alpha value is -3.87. The molecule has 0 aliphatic carbocycles. The molecule has 2 aliphatic heterocycles. The van der Waals surface area contributed by atoms with Crippen LogP contribution in [0.1, 0.15) is 5.82 Å². The molecule has 2 atom stereocenters. The molecule has 4 heterocycles. The van der Waals surface area contributed by atoms with Gasteiger partial charge >= 0.3 is 5.97 Å². The third kappa shape index (κ3) is 5.05. The Kier molecular flexibility index (Phi) is 7.58. The van der Waals surface area contributed by atoms with E-state index in [1.54, 1.807) is 0 Å². The number of benzene rings is 1. The van der Waals surface area contributed by atoms with Crippen LogP contribution in [-0.2, 0) is 19.2 Å². The first-order valence-corrected chi connectivity index (χ1v) is 14.8. The number of aromatic nitrogens is 2. The second-order valence-electron chi connectivity index (χ2n) is 8.25. The number of nitrogens with zero attached hydrogens (tertiary/aromatic N) is 4. The van der Waals surface area contributed by atoms with E-state index in [1.165, 1.54) is 60.2 Å². The van der Waals surface area contributed by atoms with E-state index >= 15 is 0 Å². The van der Waals surface area contributed by atoms with Gasteiger partial charge < -0.3 is 31.2 Å². The number of aromatic hydroxyl groups is 2. The van der Waals surface area contributed by atoms with Crippen molar-refractivity contribution in [2.45, 2.75) is 15.6 Å². The number of amides is 2. The second kappa shape index (κ2) is 11.0. The summed E-state index contributed by atoms with van der Waals surface area (Å²) in [4.78, 5) is 60.3. The smallest absolute Gasteiger partial charge is 0.352 e. The van der Waals surface area contributed by atoms with Crippen molar-refractivity contribution >= 4 is 85.1 Å². The summed E-state index contributed by atoms with van der Waals surface area (Å²) in [7, 11) is 1.23. The van der Waals surface area contributed by atoms with Crippen LogP contribution < -0.4 is 16.5 Å². The van der Waals surface area contributed by atoms with Crippen molar-refractivity contribution < 1.29 is 34.5 Å². The zero-order valence-corrected chi connectivity index (χ0v) is 23.4. The fourth-order valence-corrected chi connectivity index (χ4v) is 8.16. The van der Waals surface area contributed by atoms with Crippen molar-refractivity contribution in [2.24, 2.45) is 5.16 Å². The van der Waals surface area contributed by atoms with Gasteiger partial charge in [-0.2, -0.15) is 9.36 Å². The summed E-state index contributed by atoms with van der Waals surface area (Å²) in [5.74, 6) is -3.09. The summed E-state index contributed by atoms with van der Waals surface area (Å²) in [5, 5.41) is 35.3.